The second-order valence-corrected chi connectivity index (χ2v) is 11.0. The van der Waals surface area contributed by atoms with Crippen LogP contribution >= 0.6 is 35.0 Å². The lowest BCUT2D eigenvalue weighted by Gasteiger charge is -2.24. The molecule has 35 heavy (non-hydrogen) atoms. The number of carbonyl (C=O) groups is 1. The number of anilines is 1. The number of nitro benzene ring substituents is 1. The zero-order valence-electron chi connectivity index (χ0n) is 18.3. The molecule has 0 fully saturated rings. The first-order valence-corrected chi connectivity index (χ1v) is 13.6. The van der Waals surface area contributed by atoms with Gasteiger partial charge in [0.25, 0.3) is 15.7 Å². The van der Waals surface area contributed by atoms with Crippen molar-refractivity contribution in [3.05, 3.63) is 98.5 Å². The first-order chi connectivity index (χ1) is 16.7. The minimum absolute atomic E-state index is 0.215. The van der Waals surface area contributed by atoms with E-state index in [-0.39, 0.29) is 5.69 Å². The largest absolute Gasteiger partial charge is 0.354 e. The number of nitro groups is 1. The summed E-state index contributed by atoms with van der Waals surface area (Å²) in [6, 6.07) is 18.3. The molecule has 0 atom stereocenters. The van der Waals surface area contributed by atoms with Gasteiger partial charge in [-0.3, -0.25) is 19.2 Å². The summed E-state index contributed by atoms with van der Waals surface area (Å²) in [5.74, 6) is 0.641. The number of thioether (sulfide) groups is 1. The number of benzene rings is 3. The van der Waals surface area contributed by atoms with Crippen LogP contribution in [0.5, 0.6) is 0 Å². The molecule has 3 aromatic carbocycles. The van der Waals surface area contributed by atoms with Crippen LogP contribution in [0.3, 0.4) is 0 Å². The molecule has 12 heteroatoms. The Morgan fingerprint density at radius 3 is 2.40 bits per heavy atom. The maximum Gasteiger partial charge on any atom is 0.289 e. The van der Waals surface area contributed by atoms with E-state index in [2.05, 4.69) is 5.32 Å². The smallest absolute Gasteiger partial charge is 0.289 e. The van der Waals surface area contributed by atoms with Crippen molar-refractivity contribution in [1.29, 1.82) is 0 Å². The molecule has 8 nitrogen and oxygen atoms in total. The van der Waals surface area contributed by atoms with Gasteiger partial charge in [-0.2, -0.15) is 11.8 Å². The van der Waals surface area contributed by atoms with E-state index in [1.165, 1.54) is 24.3 Å². The Morgan fingerprint density at radius 1 is 1.03 bits per heavy atom. The van der Waals surface area contributed by atoms with Crippen LogP contribution in [0.1, 0.15) is 5.56 Å². The summed E-state index contributed by atoms with van der Waals surface area (Å²) in [5, 5.41) is 15.2. The zero-order chi connectivity index (χ0) is 25.4. The van der Waals surface area contributed by atoms with Gasteiger partial charge in [-0.1, -0.05) is 59.6 Å². The molecule has 1 N–H and O–H groups in total. The van der Waals surface area contributed by atoms with E-state index in [1.54, 1.807) is 42.1 Å². The Kier molecular flexibility index (Phi) is 9.39. The van der Waals surface area contributed by atoms with Gasteiger partial charge in [0.2, 0.25) is 5.91 Å². The molecule has 184 valence electrons. The molecule has 0 saturated heterocycles. The zero-order valence-corrected chi connectivity index (χ0v) is 21.4. The highest BCUT2D eigenvalue weighted by Crippen LogP contribution is 2.29. The van der Waals surface area contributed by atoms with E-state index in [4.69, 9.17) is 23.2 Å². The number of hydrogen-bond donors (Lipinski definition) is 1. The summed E-state index contributed by atoms with van der Waals surface area (Å²) in [4.78, 5) is 22.8. The number of sulfonamides is 1. The molecule has 0 saturated carbocycles. The second-order valence-electron chi connectivity index (χ2n) is 7.21. The highest BCUT2D eigenvalue weighted by Gasteiger charge is 2.32. The molecule has 0 aromatic heterocycles. The number of hydrogen-bond acceptors (Lipinski definition) is 6. The Hall–Kier alpha value is -2.79. The van der Waals surface area contributed by atoms with E-state index in [0.29, 0.717) is 28.1 Å². The Labute approximate surface area is 217 Å². The van der Waals surface area contributed by atoms with Gasteiger partial charge in [-0.25, -0.2) is 8.42 Å². The number of para-hydroxylation sites is 2. The van der Waals surface area contributed by atoms with E-state index in [0.717, 1.165) is 22.0 Å². The molecule has 3 rings (SSSR count). The summed E-state index contributed by atoms with van der Waals surface area (Å²) in [6.45, 7) is -0.241. The van der Waals surface area contributed by atoms with Gasteiger partial charge in [0.05, 0.1) is 10.6 Å². The van der Waals surface area contributed by atoms with E-state index < -0.39 is 38.0 Å². The molecule has 0 radical (unpaired) electrons. The normalized spacial score (nSPS) is 11.1. The molecular formula is C23H21Cl2N3O5S2. The SMILES string of the molecule is O=C(CN(c1ccccc1)S(=O)(=O)c1ccccc1[N+](=O)[O-])NCCSCc1ccc(Cl)cc1Cl. The van der Waals surface area contributed by atoms with Gasteiger partial charge in [0.1, 0.15) is 6.54 Å². The maximum absolute atomic E-state index is 13.4. The predicted molar refractivity (Wildman–Crippen MR) is 140 cm³/mol. The topological polar surface area (TPSA) is 110 Å². The molecule has 0 aliphatic heterocycles. The lowest BCUT2D eigenvalue weighted by molar-refractivity contribution is -0.387. The van der Waals surface area contributed by atoms with Crippen molar-refractivity contribution in [3.63, 3.8) is 0 Å². The standard InChI is InChI=1S/C23H21Cl2N3O5S2/c24-18-11-10-17(20(25)14-18)16-34-13-12-26-23(29)15-27(19-6-2-1-3-7-19)35(32,33)22-9-5-4-8-21(22)28(30)31/h1-11,14H,12-13,15-16H2,(H,26,29). The molecule has 0 aliphatic carbocycles. The van der Waals surface area contributed by atoms with Crippen molar-refractivity contribution < 1.29 is 18.1 Å². The minimum Gasteiger partial charge on any atom is -0.354 e. The lowest BCUT2D eigenvalue weighted by atomic mass is 10.2. The minimum atomic E-state index is -4.40. The molecule has 1 amide bonds. The van der Waals surface area contributed by atoms with Gasteiger partial charge >= 0.3 is 0 Å². The summed E-state index contributed by atoms with van der Waals surface area (Å²) in [5.41, 5.74) is 0.567. The summed E-state index contributed by atoms with van der Waals surface area (Å²) < 4.78 is 27.7. The van der Waals surface area contributed by atoms with E-state index in [9.17, 15) is 23.3 Å². The first kappa shape index (κ1) is 26.8. The fourth-order valence-corrected chi connectivity index (χ4v) is 6.12. The Morgan fingerprint density at radius 2 is 1.71 bits per heavy atom. The lowest BCUT2D eigenvalue weighted by Crippen LogP contribution is -2.41. The molecule has 3 aromatic rings. The summed E-state index contributed by atoms with van der Waals surface area (Å²) in [7, 11) is -4.40. The van der Waals surface area contributed by atoms with Crippen molar-refractivity contribution in [1.82, 2.24) is 5.32 Å². The molecular weight excluding hydrogens is 533 g/mol. The third-order valence-corrected chi connectivity index (χ3v) is 8.22. The molecule has 0 aliphatic rings. The monoisotopic (exact) mass is 553 g/mol. The second kappa shape index (κ2) is 12.3. The fourth-order valence-electron chi connectivity index (χ4n) is 3.12. The van der Waals surface area contributed by atoms with Gasteiger partial charge < -0.3 is 5.32 Å². The van der Waals surface area contributed by atoms with Crippen LogP contribution in [0, 0.1) is 10.1 Å². The predicted octanol–water partition coefficient (Wildman–Crippen LogP) is 5.15. The Balaban J connectivity index is 1.68. The average molecular weight is 554 g/mol. The fraction of sp³-hybridized carbons (Fsp3) is 0.174. The first-order valence-electron chi connectivity index (χ1n) is 10.3. The number of amides is 1. The molecule has 0 bridgehead atoms. The molecule has 0 spiro atoms. The third-order valence-electron chi connectivity index (χ3n) is 4.80. The number of rotatable bonds is 11. The van der Waals surface area contributed by atoms with Gasteiger partial charge in [0.15, 0.2) is 4.90 Å². The van der Waals surface area contributed by atoms with E-state index >= 15 is 0 Å². The van der Waals surface area contributed by atoms with Gasteiger partial charge in [-0.15, -0.1) is 0 Å². The summed E-state index contributed by atoms with van der Waals surface area (Å²) in [6.07, 6.45) is 0. The van der Waals surface area contributed by atoms with Crippen LogP contribution < -0.4 is 9.62 Å². The highest BCUT2D eigenvalue weighted by molar-refractivity contribution is 7.98. The molecule has 0 heterocycles. The molecule has 0 unspecified atom stereocenters. The van der Waals surface area contributed by atoms with Crippen LogP contribution in [0.25, 0.3) is 0 Å². The van der Waals surface area contributed by atoms with Crippen LogP contribution in [-0.4, -0.2) is 38.1 Å². The van der Waals surface area contributed by atoms with Crippen molar-refractivity contribution in [3.8, 4) is 0 Å². The van der Waals surface area contributed by atoms with Crippen molar-refractivity contribution in [2.24, 2.45) is 0 Å². The van der Waals surface area contributed by atoms with Crippen molar-refractivity contribution in [2.45, 2.75) is 10.6 Å². The number of halogens is 2. The van der Waals surface area contributed by atoms with Crippen LogP contribution in [0.15, 0.2) is 77.7 Å². The highest BCUT2D eigenvalue weighted by atomic mass is 35.5. The quantitative estimate of drug-likeness (QED) is 0.200. The average Bonchev–Trinajstić information content (AvgIpc) is 2.84. The van der Waals surface area contributed by atoms with Crippen molar-refractivity contribution >= 4 is 62.3 Å². The maximum atomic E-state index is 13.4. The van der Waals surface area contributed by atoms with Crippen LogP contribution in [0.2, 0.25) is 10.0 Å². The van der Waals surface area contributed by atoms with Crippen LogP contribution in [-0.2, 0) is 20.6 Å². The number of nitrogens with zero attached hydrogens (tertiary/aromatic N) is 2. The number of nitrogens with one attached hydrogen (secondary N) is 1. The summed E-state index contributed by atoms with van der Waals surface area (Å²) >= 11 is 13.6. The van der Waals surface area contributed by atoms with Crippen molar-refractivity contribution in [2.75, 3.05) is 23.1 Å². The third kappa shape index (κ3) is 7.11. The van der Waals surface area contributed by atoms with Gasteiger partial charge in [-0.05, 0) is 35.9 Å². The van der Waals surface area contributed by atoms with E-state index in [1.807, 2.05) is 6.07 Å². The Bertz CT molecular complexity index is 1310. The van der Waals surface area contributed by atoms with Gasteiger partial charge in [0, 0.05) is 34.2 Å². The number of carbonyl (C=O) groups excluding carboxylic acids is 1. The van der Waals surface area contributed by atoms with Crippen LogP contribution in [0.4, 0.5) is 11.4 Å².